The van der Waals surface area contributed by atoms with E-state index in [0.717, 1.165) is 55.9 Å². The fourth-order valence-corrected chi connectivity index (χ4v) is 6.34. The van der Waals surface area contributed by atoms with Crippen LogP contribution in [0.1, 0.15) is 46.2 Å². The molecule has 1 saturated heterocycles. The van der Waals surface area contributed by atoms with Gasteiger partial charge < -0.3 is 19.5 Å². The molecule has 2 aromatic heterocycles. The smallest absolute Gasteiger partial charge is 0.255 e. The van der Waals surface area contributed by atoms with Crippen LogP contribution < -0.4 is 15.4 Å². The molecular weight excluding hydrogens is 567 g/mol. The monoisotopic (exact) mass is 594 g/mol. The van der Waals surface area contributed by atoms with Crippen LogP contribution in [-0.4, -0.2) is 50.4 Å². The third-order valence-corrected chi connectivity index (χ3v) is 8.48. The number of imidazole rings is 1. The zero-order chi connectivity index (χ0) is 27.2. The minimum absolute atomic E-state index is 0. The van der Waals surface area contributed by atoms with Crippen LogP contribution >= 0.6 is 23.7 Å². The Bertz CT molecular complexity index is 1590. The summed E-state index contributed by atoms with van der Waals surface area (Å²) in [6.07, 6.45) is 6.12. The second-order valence-corrected chi connectivity index (χ2v) is 11.2. The Morgan fingerprint density at radius 1 is 1.20 bits per heavy atom. The van der Waals surface area contributed by atoms with Crippen molar-refractivity contribution in [1.29, 1.82) is 0 Å². The van der Waals surface area contributed by atoms with Crippen LogP contribution in [0.25, 0.3) is 11.1 Å². The van der Waals surface area contributed by atoms with E-state index in [0.29, 0.717) is 16.4 Å². The van der Waals surface area contributed by atoms with Crippen molar-refractivity contribution >= 4 is 40.7 Å². The SMILES string of the molecule is Cl.O=C(Nc1nccs1)C(c1ncn2c1CCC2)N1Cc2c(F)cc(-c3ccc(O[C@H]4CCNC4)cc3)cc2C1=O. The van der Waals surface area contributed by atoms with Crippen molar-refractivity contribution in [2.24, 2.45) is 0 Å². The first-order chi connectivity index (χ1) is 19.5. The molecule has 1 unspecified atom stereocenters. The van der Waals surface area contributed by atoms with Gasteiger partial charge in [0.2, 0.25) is 0 Å². The molecule has 7 rings (SSSR count). The number of fused-ring (bicyclic) bond motifs is 2. The van der Waals surface area contributed by atoms with Crippen LogP contribution in [0.4, 0.5) is 9.52 Å². The van der Waals surface area contributed by atoms with E-state index >= 15 is 4.39 Å². The third kappa shape index (κ3) is 5.09. The number of aromatic nitrogens is 3. The molecule has 2 aromatic carbocycles. The van der Waals surface area contributed by atoms with Gasteiger partial charge >= 0.3 is 0 Å². The van der Waals surface area contributed by atoms with Crippen molar-refractivity contribution in [2.75, 3.05) is 18.4 Å². The number of nitrogens with one attached hydrogen (secondary N) is 2. The molecule has 4 aromatic rings. The third-order valence-electron chi connectivity index (χ3n) is 7.79. The molecule has 1 fully saturated rings. The molecule has 41 heavy (non-hydrogen) atoms. The number of carbonyl (C=O) groups is 2. The van der Waals surface area contributed by atoms with E-state index in [4.69, 9.17) is 4.74 Å². The van der Waals surface area contributed by atoms with Gasteiger partial charge in [0.15, 0.2) is 11.2 Å². The Balaban J connectivity index is 0.00000302. The maximum Gasteiger partial charge on any atom is 0.255 e. The summed E-state index contributed by atoms with van der Waals surface area (Å²) in [5, 5.41) is 8.29. The molecule has 5 heterocycles. The predicted octanol–water partition coefficient (Wildman–Crippen LogP) is 4.59. The number of nitrogens with zero attached hydrogens (tertiary/aromatic N) is 4. The van der Waals surface area contributed by atoms with Crippen molar-refractivity contribution in [1.82, 2.24) is 24.8 Å². The van der Waals surface area contributed by atoms with Crippen molar-refractivity contribution in [3.05, 3.63) is 82.6 Å². The van der Waals surface area contributed by atoms with E-state index in [9.17, 15) is 9.59 Å². The Morgan fingerprint density at radius 2 is 2.05 bits per heavy atom. The van der Waals surface area contributed by atoms with Gasteiger partial charge in [-0.1, -0.05) is 12.1 Å². The number of rotatable bonds is 7. The lowest BCUT2D eigenvalue weighted by Gasteiger charge is -2.26. The minimum atomic E-state index is -1.01. The lowest BCUT2D eigenvalue weighted by atomic mass is 9.99. The number of thiazole rings is 1. The van der Waals surface area contributed by atoms with Crippen molar-refractivity contribution in [3.63, 3.8) is 0 Å². The van der Waals surface area contributed by atoms with Crippen LogP contribution in [0.3, 0.4) is 0 Å². The summed E-state index contributed by atoms with van der Waals surface area (Å²) in [5.74, 6) is -0.542. The van der Waals surface area contributed by atoms with Crippen LogP contribution in [0.2, 0.25) is 0 Å². The lowest BCUT2D eigenvalue weighted by molar-refractivity contribution is -0.121. The second-order valence-electron chi connectivity index (χ2n) is 10.3. The van der Waals surface area contributed by atoms with Crippen molar-refractivity contribution in [2.45, 2.75) is 44.5 Å². The standard InChI is InChI=1S/C29H27FN6O3S.ClH/c30-23-13-18(17-3-5-19(6-4-17)39-20-7-8-31-14-20)12-21-22(23)15-36(28(21)38)26(27(37)34-29-32-9-11-40-29)25-24-2-1-10-35(24)16-33-25;/h3-6,9,11-13,16,20,26,31H,1-2,7-8,10,14-15H2,(H,32,34,37);1H/t20-,26?;/m0./s1. The van der Waals surface area contributed by atoms with Gasteiger partial charge in [0, 0.05) is 41.5 Å². The van der Waals surface area contributed by atoms with Gasteiger partial charge in [0.1, 0.15) is 17.7 Å². The molecule has 0 spiro atoms. The van der Waals surface area contributed by atoms with Crippen molar-refractivity contribution in [3.8, 4) is 16.9 Å². The number of halogens is 2. The average Bonchev–Trinajstić information content (AvgIpc) is 3.78. The van der Waals surface area contributed by atoms with E-state index < -0.39 is 23.7 Å². The second kappa shape index (κ2) is 11.2. The first-order valence-corrected chi connectivity index (χ1v) is 14.3. The molecule has 0 saturated carbocycles. The summed E-state index contributed by atoms with van der Waals surface area (Å²) in [5.41, 5.74) is 3.36. The Kier molecular flexibility index (Phi) is 7.50. The van der Waals surface area contributed by atoms with Gasteiger partial charge in [-0.2, -0.15) is 0 Å². The molecule has 9 nitrogen and oxygen atoms in total. The largest absolute Gasteiger partial charge is 0.489 e. The number of hydrogen-bond acceptors (Lipinski definition) is 7. The van der Waals surface area contributed by atoms with Gasteiger partial charge in [-0.05, 0) is 61.2 Å². The summed E-state index contributed by atoms with van der Waals surface area (Å²) in [6, 6.07) is 9.62. The number of ether oxygens (including phenoxy) is 1. The molecular formula is C29H28ClFN6O3S. The van der Waals surface area contributed by atoms with Crippen LogP contribution in [0.15, 0.2) is 54.3 Å². The number of benzene rings is 2. The van der Waals surface area contributed by atoms with E-state index in [1.807, 2.05) is 28.8 Å². The highest BCUT2D eigenvalue weighted by molar-refractivity contribution is 7.13. The van der Waals surface area contributed by atoms with E-state index in [1.54, 1.807) is 24.0 Å². The van der Waals surface area contributed by atoms with Crippen LogP contribution in [0, 0.1) is 5.82 Å². The van der Waals surface area contributed by atoms with Gasteiger partial charge in [0.05, 0.1) is 18.6 Å². The summed E-state index contributed by atoms with van der Waals surface area (Å²) in [6.45, 7) is 2.56. The lowest BCUT2D eigenvalue weighted by Crippen LogP contribution is -2.38. The molecule has 2 amide bonds. The first kappa shape index (κ1) is 27.4. The number of aryl methyl sites for hydroxylation is 1. The van der Waals surface area contributed by atoms with Gasteiger partial charge in [-0.25, -0.2) is 14.4 Å². The number of carbonyl (C=O) groups excluding carboxylic acids is 2. The molecule has 2 atom stereocenters. The number of anilines is 1. The first-order valence-electron chi connectivity index (χ1n) is 13.4. The Morgan fingerprint density at radius 3 is 2.80 bits per heavy atom. The van der Waals surface area contributed by atoms with Crippen molar-refractivity contribution < 1.29 is 18.7 Å². The predicted molar refractivity (Wildman–Crippen MR) is 155 cm³/mol. The highest BCUT2D eigenvalue weighted by Crippen LogP contribution is 2.38. The quantitative estimate of drug-likeness (QED) is 0.325. The normalized spacial score (nSPS) is 18.1. The fourth-order valence-electron chi connectivity index (χ4n) is 5.81. The average molecular weight is 595 g/mol. The molecule has 0 bridgehead atoms. The highest BCUT2D eigenvalue weighted by atomic mass is 35.5. The number of hydrogen-bond donors (Lipinski definition) is 2. The zero-order valence-corrected chi connectivity index (χ0v) is 23.6. The molecule has 2 N–H and O–H groups in total. The molecule has 3 aliphatic heterocycles. The summed E-state index contributed by atoms with van der Waals surface area (Å²) in [7, 11) is 0. The van der Waals surface area contributed by atoms with Crippen LogP contribution in [-0.2, 0) is 24.3 Å². The van der Waals surface area contributed by atoms with Crippen LogP contribution in [0.5, 0.6) is 5.75 Å². The Hall–Kier alpha value is -3.80. The summed E-state index contributed by atoms with van der Waals surface area (Å²) >= 11 is 1.29. The number of amides is 2. The highest BCUT2D eigenvalue weighted by Gasteiger charge is 2.42. The van der Waals surface area contributed by atoms with E-state index in [1.165, 1.54) is 22.3 Å². The van der Waals surface area contributed by atoms with E-state index in [2.05, 4.69) is 20.6 Å². The molecule has 12 heteroatoms. The maximum atomic E-state index is 15.5. The fraction of sp³-hybridized carbons (Fsp3) is 0.310. The Labute approximate surface area is 246 Å². The van der Waals surface area contributed by atoms with Gasteiger partial charge in [-0.3, -0.25) is 14.9 Å². The molecule has 0 radical (unpaired) electrons. The van der Waals surface area contributed by atoms with E-state index in [-0.39, 0.29) is 36.2 Å². The van der Waals surface area contributed by atoms with Gasteiger partial charge in [-0.15, -0.1) is 23.7 Å². The zero-order valence-electron chi connectivity index (χ0n) is 22.0. The molecule has 0 aliphatic carbocycles. The topological polar surface area (TPSA) is 101 Å². The summed E-state index contributed by atoms with van der Waals surface area (Å²) < 4.78 is 23.5. The minimum Gasteiger partial charge on any atom is -0.489 e. The molecule has 3 aliphatic rings. The maximum absolute atomic E-state index is 15.5. The van der Waals surface area contributed by atoms with Gasteiger partial charge in [0.25, 0.3) is 11.8 Å². The summed E-state index contributed by atoms with van der Waals surface area (Å²) in [4.78, 5) is 37.6. The molecule has 212 valence electrons.